The summed E-state index contributed by atoms with van der Waals surface area (Å²) in [5.74, 6) is 0.147. The Labute approximate surface area is 165 Å². The third-order valence-corrected chi connectivity index (χ3v) is 5.78. The lowest BCUT2D eigenvalue weighted by Crippen LogP contribution is -2.38. The number of hydrogen-bond acceptors (Lipinski definition) is 4. The summed E-state index contributed by atoms with van der Waals surface area (Å²) >= 11 is 1.72. The number of thioether (sulfide) groups is 1. The lowest BCUT2D eigenvalue weighted by atomic mass is 10.1. The number of rotatable bonds is 9. The number of carbonyl (C=O) groups is 2. The largest absolute Gasteiger partial charge is 0.352 e. The van der Waals surface area contributed by atoms with Crippen LogP contribution in [-0.2, 0) is 0 Å². The molecule has 1 aromatic rings. The van der Waals surface area contributed by atoms with Crippen LogP contribution in [0.2, 0.25) is 0 Å². The second-order valence-electron chi connectivity index (χ2n) is 7.19. The number of nitrogens with one attached hydrogen (secondary N) is 2. The molecule has 0 spiro atoms. The monoisotopic (exact) mass is 393 g/mol. The third kappa shape index (κ3) is 5.86. The van der Waals surface area contributed by atoms with Crippen molar-refractivity contribution in [3.8, 4) is 0 Å². The fourth-order valence-corrected chi connectivity index (χ4v) is 3.68. The lowest BCUT2D eigenvalue weighted by Gasteiger charge is -2.18. The molecular formula is C20H31N3O3S. The van der Waals surface area contributed by atoms with Crippen LogP contribution in [0.5, 0.6) is 0 Å². The van der Waals surface area contributed by atoms with Crippen molar-refractivity contribution >= 4 is 23.6 Å². The molecule has 0 radical (unpaired) electrons. The second kappa shape index (κ2) is 10.5. The normalized spacial score (nSPS) is 15.5. The van der Waals surface area contributed by atoms with Crippen molar-refractivity contribution in [1.29, 1.82) is 0 Å². The molecule has 150 valence electrons. The highest BCUT2D eigenvalue weighted by molar-refractivity contribution is 7.98. The van der Waals surface area contributed by atoms with Crippen molar-refractivity contribution in [1.82, 2.24) is 15.2 Å². The van der Waals surface area contributed by atoms with E-state index in [9.17, 15) is 14.4 Å². The Kier molecular flexibility index (Phi) is 8.41. The molecule has 0 bridgehead atoms. The van der Waals surface area contributed by atoms with E-state index in [1.54, 1.807) is 24.2 Å². The van der Waals surface area contributed by atoms with Crippen LogP contribution in [0.15, 0.2) is 17.2 Å². The summed E-state index contributed by atoms with van der Waals surface area (Å²) in [7, 11) is 0. The molecule has 1 fully saturated rings. The van der Waals surface area contributed by atoms with Crippen LogP contribution in [0.25, 0.3) is 0 Å². The van der Waals surface area contributed by atoms with E-state index in [4.69, 9.17) is 0 Å². The number of pyridine rings is 1. The Morgan fingerprint density at radius 1 is 1.22 bits per heavy atom. The summed E-state index contributed by atoms with van der Waals surface area (Å²) in [4.78, 5) is 38.0. The molecular weight excluding hydrogens is 362 g/mol. The summed E-state index contributed by atoms with van der Waals surface area (Å²) in [6.45, 7) is 4.39. The van der Waals surface area contributed by atoms with E-state index in [-0.39, 0.29) is 23.2 Å². The predicted molar refractivity (Wildman–Crippen MR) is 111 cm³/mol. The summed E-state index contributed by atoms with van der Waals surface area (Å²) in [6.07, 6.45) is 11.2. The van der Waals surface area contributed by atoms with Crippen molar-refractivity contribution in [2.75, 3.05) is 18.6 Å². The minimum absolute atomic E-state index is 0.0270. The molecule has 0 aliphatic heterocycles. The Bertz CT molecular complexity index is 711. The minimum atomic E-state index is -0.493. The molecule has 1 aromatic heterocycles. The van der Waals surface area contributed by atoms with Crippen LogP contribution in [0.4, 0.5) is 0 Å². The predicted octanol–water partition coefficient (Wildman–Crippen LogP) is 2.97. The van der Waals surface area contributed by atoms with Crippen molar-refractivity contribution in [3.05, 3.63) is 33.7 Å². The van der Waals surface area contributed by atoms with Gasteiger partial charge in [0.1, 0.15) is 11.1 Å². The average molecular weight is 394 g/mol. The van der Waals surface area contributed by atoms with Crippen molar-refractivity contribution in [2.45, 2.75) is 64.5 Å². The molecule has 1 atom stereocenters. The molecule has 0 saturated heterocycles. The molecule has 1 saturated carbocycles. The van der Waals surface area contributed by atoms with Crippen molar-refractivity contribution in [3.63, 3.8) is 0 Å². The average Bonchev–Trinajstić information content (AvgIpc) is 3.19. The van der Waals surface area contributed by atoms with Gasteiger partial charge in [0.05, 0.1) is 0 Å². The SMILES string of the molecule is CC[C@H](C)NC(=O)c1cn(C2CCCC2)cc(C(=O)NCCCSC)c1=O. The zero-order valence-electron chi connectivity index (χ0n) is 16.5. The fraction of sp³-hybridized carbons (Fsp3) is 0.650. The van der Waals surface area contributed by atoms with Gasteiger partial charge in [-0.1, -0.05) is 19.8 Å². The van der Waals surface area contributed by atoms with Gasteiger partial charge in [0.15, 0.2) is 0 Å². The van der Waals surface area contributed by atoms with Gasteiger partial charge in [0, 0.05) is 31.0 Å². The third-order valence-electron chi connectivity index (χ3n) is 5.08. The molecule has 0 aromatic carbocycles. The molecule has 6 nitrogen and oxygen atoms in total. The smallest absolute Gasteiger partial charge is 0.256 e. The standard InChI is InChI=1S/C20H31N3O3S/c1-4-14(2)22-20(26)17-13-23(15-8-5-6-9-15)12-16(18(17)24)19(25)21-10-7-11-27-3/h12-15H,4-11H2,1-3H3,(H,21,25)(H,22,26)/t14-/m0/s1. The van der Waals surface area contributed by atoms with Gasteiger partial charge >= 0.3 is 0 Å². The van der Waals surface area contributed by atoms with E-state index in [0.717, 1.165) is 44.3 Å². The molecule has 1 aliphatic carbocycles. The Morgan fingerprint density at radius 3 is 2.44 bits per heavy atom. The fourth-order valence-electron chi connectivity index (χ4n) is 3.25. The van der Waals surface area contributed by atoms with E-state index in [0.29, 0.717) is 6.54 Å². The van der Waals surface area contributed by atoms with E-state index in [1.165, 1.54) is 0 Å². The Morgan fingerprint density at radius 2 is 1.85 bits per heavy atom. The highest BCUT2D eigenvalue weighted by atomic mass is 32.2. The van der Waals surface area contributed by atoms with Crippen LogP contribution in [0.3, 0.4) is 0 Å². The first kappa shape index (κ1) is 21.5. The number of nitrogens with zero attached hydrogens (tertiary/aromatic N) is 1. The van der Waals surface area contributed by atoms with Crippen LogP contribution < -0.4 is 16.1 Å². The van der Waals surface area contributed by atoms with Gasteiger partial charge in [-0.05, 0) is 44.6 Å². The van der Waals surface area contributed by atoms with Gasteiger partial charge in [0.25, 0.3) is 11.8 Å². The first-order valence-corrected chi connectivity index (χ1v) is 11.2. The van der Waals surface area contributed by atoms with E-state index < -0.39 is 17.2 Å². The van der Waals surface area contributed by atoms with E-state index in [2.05, 4.69) is 10.6 Å². The van der Waals surface area contributed by atoms with Gasteiger partial charge in [0.2, 0.25) is 5.43 Å². The van der Waals surface area contributed by atoms with E-state index in [1.807, 2.05) is 24.7 Å². The number of carbonyl (C=O) groups excluding carboxylic acids is 2. The minimum Gasteiger partial charge on any atom is -0.352 e. The first-order chi connectivity index (χ1) is 13.0. The van der Waals surface area contributed by atoms with Crippen LogP contribution in [-0.4, -0.2) is 41.0 Å². The van der Waals surface area contributed by atoms with Gasteiger partial charge < -0.3 is 15.2 Å². The Balaban J connectivity index is 2.31. The maximum atomic E-state index is 12.8. The molecule has 2 N–H and O–H groups in total. The van der Waals surface area contributed by atoms with Crippen LogP contribution >= 0.6 is 11.8 Å². The quantitative estimate of drug-likeness (QED) is 0.632. The molecule has 2 amide bonds. The molecule has 1 aliphatic rings. The topological polar surface area (TPSA) is 80.2 Å². The highest BCUT2D eigenvalue weighted by Gasteiger charge is 2.23. The van der Waals surface area contributed by atoms with Gasteiger partial charge in [-0.15, -0.1) is 0 Å². The summed E-state index contributed by atoms with van der Waals surface area (Å²) in [5, 5.41) is 5.66. The molecule has 7 heteroatoms. The summed E-state index contributed by atoms with van der Waals surface area (Å²) in [5.41, 5.74) is -0.380. The van der Waals surface area contributed by atoms with Crippen molar-refractivity contribution < 1.29 is 9.59 Å². The molecule has 1 heterocycles. The highest BCUT2D eigenvalue weighted by Crippen LogP contribution is 2.29. The number of amides is 2. The molecule has 0 unspecified atom stereocenters. The zero-order chi connectivity index (χ0) is 19.8. The molecule has 27 heavy (non-hydrogen) atoms. The second-order valence-corrected chi connectivity index (χ2v) is 8.17. The van der Waals surface area contributed by atoms with Crippen molar-refractivity contribution in [2.24, 2.45) is 0 Å². The zero-order valence-corrected chi connectivity index (χ0v) is 17.4. The van der Waals surface area contributed by atoms with Gasteiger partial charge in [-0.2, -0.15) is 11.8 Å². The maximum absolute atomic E-state index is 12.8. The first-order valence-electron chi connectivity index (χ1n) is 9.81. The number of hydrogen-bond donors (Lipinski definition) is 2. The molecule has 2 rings (SSSR count). The van der Waals surface area contributed by atoms with Crippen LogP contribution in [0, 0.1) is 0 Å². The van der Waals surface area contributed by atoms with E-state index >= 15 is 0 Å². The van der Waals surface area contributed by atoms with Gasteiger partial charge in [-0.25, -0.2) is 0 Å². The number of aromatic nitrogens is 1. The summed E-state index contributed by atoms with van der Waals surface area (Å²) in [6, 6.07) is 0.213. The lowest BCUT2D eigenvalue weighted by molar-refractivity contribution is 0.0937. The summed E-state index contributed by atoms with van der Waals surface area (Å²) < 4.78 is 1.90. The maximum Gasteiger partial charge on any atom is 0.256 e. The Hall–Kier alpha value is -1.76. The van der Waals surface area contributed by atoms with Crippen LogP contribution in [0.1, 0.15) is 79.1 Å². The van der Waals surface area contributed by atoms with Gasteiger partial charge in [-0.3, -0.25) is 14.4 Å².